The molecule has 1 heterocycles. The van der Waals surface area contributed by atoms with Gasteiger partial charge in [-0.3, -0.25) is 0 Å². The molecule has 0 amide bonds. The van der Waals surface area contributed by atoms with Crippen LogP contribution in [-0.2, 0) is 11.8 Å². The first-order valence-electron chi connectivity index (χ1n) is 6.22. The van der Waals surface area contributed by atoms with Crippen molar-refractivity contribution in [1.29, 1.82) is 5.26 Å². The quantitative estimate of drug-likeness (QED) is 0.674. The van der Waals surface area contributed by atoms with E-state index in [9.17, 15) is 0 Å². The minimum atomic E-state index is 0.0474. The summed E-state index contributed by atoms with van der Waals surface area (Å²) in [6.07, 6.45) is 0.873. The molecule has 0 atom stereocenters. The van der Waals surface area contributed by atoms with E-state index in [2.05, 4.69) is 43.1 Å². The Morgan fingerprint density at radius 1 is 1.32 bits per heavy atom. The van der Waals surface area contributed by atoms with E-state index < -0.39 is 0 Å². The van der Waals surface area contributed by atoms with Crippen LogP contribution >= 0.6 is 11.6 Å². The summed E-state index contributed by atoms with van der Waals surface area (Å²) in [4.78, 5) is 4.43. The van der Waals surface area contributed by atoms with Gasteiger partial charge in [-0.2, -0.15) is 5.26 Å². The van der Waals surface area contributed by atoms with Crippen LogP contribution in [0.4, 0.5) is 0 Å². The molecular formula is C16H13ClN2. The number of hydrogen-bond acceptors (Lipinski definition) is 2. The fourth-order valence-corrected chi connectivity index (χ4v) is 3.01. The van der Waals surface area contributed by atoms with Crippen molar-refractivity contribution in [2.45, 2.75) is 25.7 Å². The number of nitriles is 1. The highest BCUT2D eigenvalue weighted by molar-refractivity contribution is 6.30. The first-order chi connectivity index (χ1) is 9.03. The molecule has 1 aromatic heterocycles. The van der Waals surface area contributed by atoms with Crippen molar-refractivity contribution in [2.75, 3.05) is 0 Å². The van der Waals surface area contributed by atoms with Crippen LogP contribution in [0.15, 0.2) is 30.3 Å². The van der Waals surface area contributed by atoms with Crippen molar-refractivity contribution < 1.29 is 0 Å². The molecule has 0 saturated heterocycles. The normalized spacial score (nSPS) is 15.3. The van der Waals surface area contributed by atoms with Crippen LogP contribution in [0.25, 0.3) is 11.3 Å². The van der Waals surface area contributed by atoms with Crippen LogP contribution in [0, 0.1) is 11.3 Å². The van der Waals surface area contributed by atoms with Gasteiger partial charge in [-0.05, 0) is 29.0 Å². The molecule has 0 bridgehead atoms. The fourth-order valence-electron chi connectivity index (χ4n) is 2.83. The lowest BCUT2D eigenvalue weighted by molar-refractivity contribution is 0.515. The topological polar surface area (TPSA) is 36.7 Å². The zero-order chi connectivity index (χ0) is 13.6. The third kappa shape index (κ3) is 1.82. The lowest BCUT2D eigenvalue weighted by Gasteiger charge is -2.33. The van der Waals surface area contributed by atoms with Crippen LogP contribution in [0.3, 0.4) is 0 Å². The van der Waals surface area contributed by atoms with Crippen LogP contribution < -0.4 is 0 Å². The Morgan fingerprint density at radius 3 is 2.79 bits per heavy atom. The molecule has 0 saturated carbocycles. The molecule has 2 nitrogen and oxygen atoms in total. The Hall–Kier alpha value is -1.85. The van der Waals surface area contributed by atoms with E-state index in [4.69, 9.17) is 16.9 Å². The van der Waals surface area contributed by atoms with Crippen LogP contribution in [0.5, 0.6) is 0 Å². The van der Waals surface area contributed by atoms with Crippen molar-refractivity contribution in [3.8, 4) is 17.3 Å². The molecule has 0 radical (unpaired) electrons. The Bertz CT molecular complexity index is 711. The standard InChI is InChI=1S/C16H13ClN2/c1-16(2)8-10-7-11(9-18)15(17)19-14(10)12-5-3-4-6-13(12)16/h3-7H,8H2,1-2H3. The lowest BCUT2D eigenvalue weighted by atomic mass is 9.71. The summed E-state index contributed by atoms with van der Waals surface area (Å²) in [6, 6.07) is 12.3. The van der Waals surface area contributed by atoms with E-state index in [-0.39, 0.29) is 10.6 Å². The van der Waals surface area contributed by atoms with E-state index in [0.29, 0.717) is 5.56 Å². The first kappa shape index (κ1) is 12.2. The van der Waals surface area contributed by atoms with Gasteiger partial charge in [-0.1, -0.05) is 49.7 Å². The third-order valence-electron chi connectivity index (χ3n) is 3.72. The Kier molecular flexibility index (Phi) is 2.62. The summed E-state index contributed by atoms with van der Waals surface area (Å²) in [5.41, 5.74) is 4.93. The number of aromatic nitrogens is 1. The molecule has 0 fully saturated rings. The summed E-state index contributed by atoms with van der Waals surface area (Å²) in [5.74, 6) is 0. The van der Waals surface area contributed by atoms with Crippen molar-refractivity contribution in [3.05, 3.63) is 52.2 Å². The SMILES string of the molecule is CC1(C)Cc2cc(C#N)c(Cl)nc2-c2ccccc21. The highest BCUT2D eigenvalue weighted by Gasteiger charge is 2.32. The molecule has 0 N–H and O–H groups in total. The van der Waals surface area contributed by atoms with Crippen LogP contribution in [0.1, 0.15) is 30.5 Å². The average Bonchev–Trinajstić information content (AvgIpc) is 2.39. The van der Waals surface area contributed by atoms with Gasteiger partial charge in [0.05, 0.1) is 11.3 Å². The first-order valence-corrected chi connectivity index (χ1v) is 6.60. The fraction of sp³-hybridized carbons (Fsp3) is 0.250. The molecule has 0 spiro atoms. The molecule has 3 heteroatoms. The van der Waals surface area contributed by atoms with E-state index in [1.54, 1.807) is 0 Å². The van der Waals surface area contributed by atoms with E-state index in [1.807, 2.05) is 12.1 Å². The molecule has 94 valence electrons. The lowest BCUT2D eigenvalue weighted by Crippen LogP contribution is -2.26. The average molecular weight is 269 g/mol. The van der Waals surface area contributed by atoms with Gasteiger partial charge in [0.25, 0.3) is 0 Å². The summed E-state index contributed by atoms with van der Waals surface area (Å²) >= 11 is 6.07. The largest absolute Gasteiger partial charge is 0.234 e. The maximum atomic E-state index is 9.07. The number of rotatable bonds is 0. The van der Waals surface area contributed by atoms with Crippen LogP contribution in [0.2, 0.25) is 5.15 Å². The second-order valence-electron chi connectivity index (χ2n) is 5.55. The molecule has 2 aromatic rings. The van der Waals surface area contributed by atoms with Crippen molar-refractivity contribution >= 4 is 11.6 Å². The number of benzene rings is 1. The molecule has 19 heavy (non-hydrogen) atoms. The zero-order valence-electron chi connectivity index (χ0n) is 10.9. The molecule has 1 aliphatic carbocycles. The van der Waals surface area contributed by atoms with Gasteiger partial charge < -0.3 is 0 Å². The maximum Gasteiger partial charge on any atom is 0.147 e. The minimum absolute atomic E-state index is 0.0474. The second-order valence-corrected chi connectivity index (χ2v) is 5.91. The predicted molar refractivity (Wildman–Crippen MR) is 76.1 cm³/mol. The number of pyridine rings is 1. The third-order valence-corrected chi connectivity index (χ3v) is 4.01. The van der Waals surface area contributed by atoms with Gasteiger partial charge in [-0.15, -0.1) is 0 Å². The predicted octanol–water partition coefficient (Wildman–Crippen LogP) is 4.11. The maximum absolute atomic E-state index is 9.07. The summed E-state index contributed by atoms with van der Waals surface area (Å²) in [5, 5.41) is 9.36. The molecule has 1 aliphatic rings. The molecule has 3 rings (SSSR count). The number of fused-ring (bicyclic) bond motifs is 3. The molecule has 1 aromatic carbocycles. The highest BCUT2D eigenvalue weighted by Crippen LogP contribution is 2.42. The van der Waals surface area contributed by atoms with Gasteiger partial charge in [-0.25, -0.2) is 4.98 Å². The van der Waals surface area contributed by atoms with E-state index >= 15 is 0 Å². The Morgan fingerprint density at radius 2 is 2.05 bits per heavy atom. The number of hydrogen-bond donors (Lipinski definition) is 0. The van der Waals surface area contributed by atoms with Crippen molar-refractivity contribution in [1.82, 2.24) is 4.98 Å². The van der Waals surface area contributed by atoms with Gasteiger partial charge in [0, 0.05) is 5.56 Å². The summed E-state index contributed by atoms with van der Waals surface area (Å²) in [6.45, 7) is 4.44. The zero-order valence-corrected chi connectivity index (χ0v) is 11.6. The minimum Gasteiger partial charge on any atom is -0.234 e. The Labute approximate surface area is 117 Å². The smallest absolute Gasteiger partial charge is 0.147 e. The second kappa shape index (κ2) is 4.08. The van der Waals surface area contributed by atoms with Crippen molar-refractivity contribution in [3.63, 3.8) is 0 Å². The molecule has 0 aliphatic heterocycles. The van der Waals surface area contributed by atoms with E-state index in [0.717, 1.165) is 23.2 Å². The summed E-state index contributed by atoms with van der Waals surface area (Å²) < 4.78 is 0. The Balaban J connectivity index is 2.33. The monoisotopic (exact) mass is 268 g/mol. The molecule has 0 unspecified atom stereocenters. The molecular weight excluding hydrogens is 256 g/mol. The number of halogens is 1. The number of nitrogens with zero attached hydrogens (tertiary/aromatic N) is 2. The summed E-state index contributed by atoms with van der Waals surface area (Å²) in [7, 11) is 0. The van der Waals surface area contributed by atoms with Gasteiger partial charge in [0.1, 0.15) is 11.2 Å². The van der Waals surface area contributed by atoms with E-state index in [1.165, 1.54) is 5.56 Å². The van der Waals surface area contributed by atoms with Gasteiger partial charge in [0.2, 0.25) is 0 Å². The van der Waals surface area contributed by atoms with Crippen molar-refractivity contribution in [2.24, 2.45) is 0 Å². The van der Waals surface area contributed by atoms with Gasteiger partial charge in [0.15, 0.2) is 0 Å². The highest BCUT2D eigenvalue weighted by atomic mass is 35.5. The van der Waals surface area contributed by atoms with Gasteiger partial charge >= 0.3 is 0 Å². The van der Waals surface area contributed by atoms with Crippen LogP contribution in [-0.4, -0.2) is 4.98 Å².